The third kappa shape index (κ3) is 2.81. The lowest BCUT2D eigenvalue weighted by atomic mass is 10.1. The highest BCUT2D eigenvalue weighted by molar-refractivity contribution is 5.89. The molecule has 3 rings (SSSR count). The number of ether oxygens (including phenoxy) is 1. The van der Waals surface area contributed by atoms with E-state index < -0.39 is 5.97 Å². The summed E-state index contributed by atoms with van der Waals surface area (Å²) in [6, 6.07) is 6.79. The molecule has 2 heterocycles. The second-order valence-electron chi connectivity index (χ2n) is 4.36. The largest absolute Gasteiger partial charge is 0.454 e. The van der Waals surface area contributed by atoms with Crippen molar-refractivity contribution in [1.82, 2.24) is 19.7 Å². The molecule has 0 N–H and O–H groups in total. The van der Waals surface area contributed by atoms with Gasteiger partial charge in [0, 0.05) is 25.0 Å². The second kappa shape index (κ2) is 5.58. The summed E-state index contributed by atoms with van der Waals surface area (Å²) in [4.78, 5) is 20.0. The third-order valence-electron chi connectivity index (χ3n) is 2.99. The van der Waals surface area contributed by atoms with E-state index in [-0.39, 0.29) is 6.61 Å². The first-order chi connectivity index (χ1) is 10.2. The molecule has 1 aromatic carbocycles. The van der Waals surface area contributed by atoms with Crippen LogP contribution >= 0.6 is 0 Å². The molecule has 0 saturated heterocycles. The molecule has 0 atom stereocenters. The minimum absolute atomic E-state index is 0.134. The lowest BCUT2D eigenvalue weighted by Gasteiger charge is -2.05. The fourth-order valence-corrected chi connectivity index (χ4v) is 1.80. The highest BCUT2D eigenvalue weighted by atomic mass is 16.5. The standard InChI is InChI=1S/C14H12N4O3/c1-18-7-6-15-12(18)8-20-14(19)11-4-2-10(3-5-11)13-16-9-21-17-13/h2-7,9H,8H2,1H3. The highest BCUT2D eigenvalue weighted by Crippen LogP contribution is 2.15. The summed E-state index contributed by atoms with van der Waals surface area (Å²) < 4.78 is 11.7. The Kier molecular flexibility index (Phi) is 3.46. The van der Waals surface area contributed by atoms with Crippen molar-refractivity contribution in [3.8, 4) is 11.4 Å². The van der Waals surface area contributed by atoms with E-state index in [1.165, 1.54) is 6.39 Å². The molecule has 21 heavy (non-hydrogen) atoms. The van der Waals surface area contributed by atoms with Gasteiger partial charge in [0.1, 0.15) is 12.4 Å². The number of carbonyl (C=O) groups is 1. The quantitative estimate of drug-likeness (QED) is 0.680. The average molecular weight is 284 g/mol. The Morgan fingerprint density at radius 2 is 2.10 bits per heavy atom. The summed E-state index contributed by atoms with van der Waals surface area (Å²) in [7, 11) is 1.84. The van der Waals surface area contributed by atoms with Crippen molar-refractivity contribution < 1.29 is 14.1 Å². The van der Waals surface area contributed by atoms with Crippen molar-refractivity contribution in [2.75, 3.05) is 0 Å². The predicted octanol–water partition coefficient (Wildman–Crippen LogP) is 1.83. The van der Waals surface area contributed by atoms with E-state index in [0.29, 0.717) is 17.2 Å². The number of rotatable bonds is 4. The fourth-order valence-electron chi connectivity index (χ4n) is 1.80. The molecule has 7 heteroatoms. The number of nitrogens with zero attached hydrogens (tertiary/aromatic N) is 4. The van der Waals surface area contributed by atoms with Gasteiger partial charge in [-0.2, -0.15) is 4.98 Å². The Bertz CT molecular complexity index is 732. The number of esters is 1. The number of aromatic nitrogens is 4. The smallest absolute Gasteiger partial charge is 0.338 e. The Hall–Kier alpha value is -2.96. The van der Waals surface area contributed by atoms with Crippen LogP contribution in [0.2, 0.25) is 0 Å². The molecule has 0 fully saturated rings. The minimum atomic E-state index is -0.405. The summed E-state index contributed by atoms with van der Waals surface area (Å²) in [5.41, 5.74) is 1.22. The molecule has 2 aromatic heterocycles. The fraction of sp³-hybridized carbons (Fsp3) is 0.143. The average Bonchev–Trinajstić information content (AvgIpc) is 3.17. The van der Waals surface area contributed by atoms with E-state index in [1.54, 1.807) is 41.2 Å². The summed E-state index contributed by atoms with van der Waals surface area (Å²) in [6.45, 7) is 0.134. The summed E-state index contributed by atoms with van der Waals surface area (Å²) in [6.07, 6.45) is 4.70. The van der Waals surface area contributed by atoms with Crippen LogP contribution in [0.4, 0.5) is 0 Å². The number of benzene rings is 1. The van der Waals surface area contributed by atoms with Crippen molar-refractivity contribution in [2.24, 2.45) is 7.05 Å². The molecule has 0 aliphatic rings. The molecule has 106 valence electrons. The van der Waals surface area contributed by atoms with Crippen molar-refractivity contribution in [1.29, 1.82) is 0 Å². The van der Waals surface area contributed by atoms with Crippen LogP contribution in [0.1, 0.15) is 16.2 Å². The monoisotopic (exact) mass is 284 g/mol. The van der Waals surface area contributed by atoms with Gasteiger partial charge in [0.25, 0.3) is 0 Å². The maximum absolute atomic E-state index is 11.9. The normalized spacial score (nSPS) is 10.5. The van der Waals surface area contributed by atoms with E-state index in [2.05, 4.69) is 19.6 Å². The van der Waals surface area contributed by atoms with Gasteiger partial charge in [-0.15, -0.1) is 0 Å². The molecule has 3 aromatic rings. The highest BCUT2D eigenvalue weighted by Gasteiger charge is 2.10. The number of hydrogen-bond acceptors (Lipinski definition) is 6. The number of aryl methyl sites for hydroxylation is 1. The summed E-state index contributed by atoms with van der Waals surface area (Å²) >= 11 is 0. The number of carbonyl (C=O) groups excluding carboxylic acids is 1. The Balaban J connectivity index is 1.66. The Morgan fingerprint density at radius 3 is 2.71 bits per heavy atom. The van der Waals surface area contributed by atoms with Crippen LogP contribution in [0.15, 0.2) is 47.6 Å². The van der Waals surface area contributed by atoms with E-state index in [9.17, 15) is 4.79 Å². The zero-order valence-electron chi connectivity index (χ0n) is 11.3. The molecule has 0 saturated carbocycles. The minimum Gasteiger partial charge on any atom is -0.454 e. The lowest BCUT2D eigenvalue weighted by molar-refractivity contribution is 0.0459. The predicted molar refractivity (Wildman–Crippen MR) is 72.1 cm³/mol. The van der Waals surface area contributed by atoms with Crippen molar-refractivity contribution in [2.45, 2.75) is 6.61 Å². The van der Waals surface area contributed by atoms with Crippen molar-refractivity contribution in [3.05, 3.63) is 54.4 Å². The van der Waals surface area contributed by atoms with Gasteiger partial charge in [-0.05, 0) is 12.1 Å². The van der Waals surface area contributed by atoms with Gasteiger partial charge < -0.3 is 13.8 Å². The lowest BCUT2D eigenvalue weighted by Crippen LogP contribution is -2.08. The van der Waals surface area contributed by atoms with Gasteiger partial charge in [-0.25, -0.2) is 9.78 Å². The summed E-state index contributed by atoms with van der Waals surface area (Å²) in [5, 5.41) is 3.73. The SMILES string of the molecule is Cn1ccnc1COC(=O)c1ccc(-c2ncon2)cc1. The molecule has 7 nitrogen and oxygen atoms in total. The van der Waals surface area contributed by atoms with E-state index >= 15 is 0 Å². The number of imidazole rings is 1. The molecule has 0 radical (unpaired) electrons. The van der Waals surface area contributed by atoms with E-state index in [4.69, 9.17) is 4.74 Å². The first kappa shape index (κ1) is 13.0. The van der Waals surface area contributed by atoms with Crippen LogP contribution in [0.3, 0.4) is 0 Å². The summed E-state index contributed by atoms with van der Waals surface area (Å²) in [5.74, 6) is 0.757. The molecule has 0 aliphatic carbocycles. The van der Waals surface area contributed by atoms with Gasteiger partial charge in [-0.3, -0.25) is 0 Å². The van der Waals surface area contributed by atoms with Crippen LogP contribution in [-0.4, -0.2) is 25.7 Å². The first-order valence-electron chi connectivity index (χ1n) is 6.24. The van der Waals surface area contributed by atoms with E-state index in [1.807, 2.05) is 7.05 Å². The van der Waals surface area contributed by atoms with E-state index in [0.717, 1.165) is 5.56 Å². The van der Waals surface area contributed by atoms with Gasteiger partial charge >= 0.3 is 5.97 Å². The maximum atomic E-state index is 11.9. The Morgan fingerprint density at radius 1 is 1.29 bits per heavy atom. The second-order valence-corrected chi connectivity index (χ2v) is 4.36. The van der Waals surface area contributed by atoms with Gasteiger partial charge in [0.15, 0.2) is 0 Å². The van der Waals surface area contributed by atoms with Gasteiger partial charge in [0.05, 0.1) is 5.56 Å². The molecule has 0 bridgehead atoms. The van der Waals surface area contributed by atoms with Crippen molar-refractivity contribution >= 4 is 5.97 Å². The molecule has 0 aliphatic heterocycles. The van der Waals surface area contributed by atoms with Crippen molar-refractivity contribution in [3.63, 3.8) is 0 Å². The molecular weight excluding hydrogens is 272 g/mol. The van der Waals surface area contributed by atoms with Crippen LogP contribution in [0, 0.1) is 0 Å². The third-order valence-corrected chi connectivity index (χ3v) is 2.99. The van der Waals surface area contributed by atoms with Crippen LogP contribution < -0.4 is 0 Å². The molecular formula is C14H12N4O3. The molecule has 0 unspecified atom stereocenters. The van der Waals surface area contributed by atoms with Gasteiger partial charge in [0.2, 0.25) is 12.2 Å². The first-order valence-corrected chi connectivity index (χ1v) is 6.24. The van der Waals surface area contributed by atoms with Gasteiger partial charge in [-0.1, -0.05) is 17.3 Å². The number of hydrogen-bond donors (Lipinski definition) is 0. The topological polar surface area (TPSA) is 83.0 Å². The Labute approximate surface area is 120 Å². The molecule has 0 amide bonds. The maximum Gasteiger partial charge on any atom is 0.338 e. The zero-order chi connectivity index (χ0) is 14.7. The van der Waals surface area contributed by atoms with Crippen LogP contribution in [0.5, 0.6) is 0 Å². The van der Waals surface area contributed by atoms with Crippen LogP contribution in [-0.2, 0) is 18.4 Å². The van der Waals surface area contributed by atoms with Crippen LogP contribution in [0.25, 0.3) is 11.4 Å². The molecule has 0 spiro atoms. The zero-order valence-corrected chi connectivity index (χ0v) is 11.3.